The molecule has 5 heteroatoms. The molecule has 19 heavy (non-hydrogen) atoms. The van der Waals surface area contributed by atoms with E-state index in [1.165, 1.54) is 0 Å². The third-order valence-corrected chi connectivity index (χ3v) is 4.06. The van der Waals surface area contributed by atoms with Gasteiger partial charge < -0.3 is 10.2 Å². The van der Waals surface area contributed by atoms with Gasteiger partial charge in [-0.2, -0.15) is 13.2 Å². The number of nitrogens with one attached hydrogen (secondary N) is 1. The Kier molecular flexibility index (Phi) is 7.15. The lowest BCUT2D eigenvalue weighted by atomic mass is 9.96. The van der Waals surface area contributed by atoms with E-state index in [0.717, 1.165) is 32.4 Å². The van der Waals surface area contributed by atoms with Gasteiger partial charge in [-0.3, -0.25) is 0 Å². The second-order valence-electron chi connectivity index (χ2n) is 5.46. The number of likely N-dealkylation sites (tertiary alicyclic amines) is 1. The van der Waals surface area contributed by atoms with Crippen LogP contribution < -0.4 is 5.32 Å². The predicted molar refractivity (Wildman–Crippen MR) is 72.2 cm³/mol. The van der Waals surface area contributed by atoms with Crippen LogP contribution in [0.15, 0.2) is 0 Å². The molecular weight excluding hydrogens is 253 g/mol. The zero-order valence-electron chi connectivity index (χ0n) is 12.1. The Labute approximate surface area is 114 Å². The molecule has 1 unspecified atom stereocenters. The summed E-state index contributed by atoms with van der Waals surface area (Å²) in [5.74, 6) is -1.08. The fraction of sp³-hybridized carbons (Fsp3) is 1.00. The molecule has 1 heterocycles. The van der Waals surface area contributed by atoms with Gasteiger partial charge in [-0.15, -0.1) is 0 Å². The highest BCUT2D eigenvalue weighted by Gasteiger charge is 2.40. The molecule has 1 rings (SSSR count). The molecule has 0 saturated carbocycles. The molecule has 0 bridgehead atoms. The van der Waals surface area contributed by atoms with E-state index in [1.807, 2.05) is 0 Å². The second kappa shape index (κ2) is 8.10. The van der Waals surface area contributed by atoms with Crippen molar-refractivity contribution in [2.75, 3.05) is 26.2 Å². The molecule has 2 nitrogen and oxygen atoms in total. The molecule has 1 aliphatic rings. The first-order valence-electron chi connectivity index (χ1n) is 7.49. The van der Waals surface area contributed by atoms with E-state index in [1.54, 1.807) is 0 Å². The number of halogens is 3. The van der Waals surface area contributed by atoms with Crippen molar-refractivity contribution in [3.05, 3.63) is 0 Å². The molecule has 0 spiro atoms. The van der Waals surface area contributed by atoms with Crippen LogP contribution >= 0.6 is 0 Å². The van der Waals surface area contributed by atoms with Crippen molar-refractivity contribution in [3.63, 3.8) is 0 Å². The normalized spacial score (nSPS) is 20.7. The minimum Gasteiger partial charge on any atom is -0.314 e. The van der Waals surface area contributed by atoms with Gasteiger partial charge in [-0.25, -0.2) is 0 Å². The SMILES string of the molecule is CCNC(CC)CCCN1CCC(C(F)(F)F)CC1. The highest BCUT2D eigenvalue weighted by atomic mass is 19.4. The van der Waals surface area contributed by atoms with Gasteiger partial charge in [0.05, 0.1) is 5.92 Å². The van der Waals surface area contributed by atoms with Crippen molar-refractivity contribution < 1.29 is 13.2 Å². The third kappa shape index (κ3) is 6.13. The molecular formula is C14H27F3N2. The van der Waals surface area contributed by atoms with Crippen molar-refractivity contribution in [2.24, 2.45) is 5.92 Å². The maximum absolute atomic E-state index is 12.5. The summed E-state index contributed by atoms with van der Waals surface area (Å²) in [4.78, 5) is 2.18. The summed E-state index contributed by atoms with van der Waals surface area (Å²) < 4.78 is 37.6. The summed E-state index contributed by atoms with van der Waals surface area (Å²) in [6.07, 6.45) is -0.151. The van der Waals surface area contributed by atoms with Crippen molar-refractivity contribution in [3.8, 4) is 0 Å². The first kappa shape index (κ1) is 16.8. The van der Waals surface area contributed by atoms with Gasteiger partial charge in [0.1, 0.15) is 0 Å². The maximum Gasteiger partial charge on any atom is 0.391 e. The highest BCUT2D eigenvalue weighted by molar-refractivity contribution is 4.77. The smallest absolute Gasteiger partial charge is 0.314 e. The first-order valence-corrected chi connectivity index (χ1v) is 7.49. The van der Waals surface area contributed by atoms with E-state index in [-0.39, 0.29) is 12.8 Å². The zero-order valence-corrected chi connectivity index (χ0v) is 12.1. The number of alkyl halides is 3. The van der Waals surface area contributed by atoms with Gasteiger partial charge in [0.15, 0.2) is 0 Å². The number of rotatable bonds is 7. The summed E-state index contributed by atoms with van der Waals surface area (Å²) in [6.45, 7) is 7.39. The maximum atomic E-state index is 12.5. The van der Waals surface area contributed by atoms with Gasteiger partial charge in [0.2, 0.25) is 0 Å². The van der Waals surface area contributed by atoms with E-state index < -0.39 is 12.1 Å². The second-order valence-corrected chi connectivity index (χ2v) is 5.46. The molecule has 1 fully saturated rings. The Bertz CT molecular complexity index is 235. The van der Waals surface area contributed by atoms with Crippen LogP contribution in [-0.2, 0) is 0 Å². The van der Waals surface area contributed by atoms with Gasteiger partial charge in [-0.1, -0.05) is 13.8 Å². The average molecular weight is 280 g/mol. The Hall–Kier alpha value is -0.290. The third-order valence-electron chi connectivity index (χ3n) is 4.06. The lowest BCUT2D eigenvalue weighted by Gasteiger charge is -2.33. The van der Waals surface area contributed by atoms with Crippen LogP contribution in [0, 0.1) is 5.92 Å². The summed E-state index contributed by atoms with van der Waals surface area (Å²) >= 11 is 0. The molecule has 0 aromatic heterocycles. The van der Waals surface area contributed by atoms with Crippen molar-refractivity contribution in [2.45, 2.75) is 58.2 Å². The molecule has 0 aromatic rings. The largest absolute Gasteiger partial charge is 0.391 e. The van der Waals surface area contributed by atoms with Crippen LogP contribution in [0.5, 0.6) is 0 Å². The standard InChI is InChI=1S/C14H27F3N2/c1-3-13(18-4-2)6-5-9-19-10-7-12(8-11-19)14(15,16)17/h12-13,18H,3-11H2,1-2H3. The van der Waals surface area contributed by atoms with Crippen molar-refractivity contribution in [1.29, 1.82) is 0 Å². The van der Waals surface area contributed by atoms with Crippen LogP contribution in [0.2, 0.25) is 0 Å². The van der Waals surface area contributed by atoms with Crippen LogP contribution in [-0.4, -0.2) is 43.3 Å². The molecule has 0 aliphatic carbocycles. The molecule has 1 N–H and O–H groups in total. The van der Waals surface area contributed by atoms with Crippen LogP contribution in [0.3, 0.4) is 0 Å². The van der Waals surface area contributed by atoms with Gasteiger partial charge in [-0.05, 0) is 58.3 Å². The fourth-order valence-electron chi connectivity index (χ4n) is 2.78. The monoisotopic (exact) mass is 280 g/mol. The Morgan fingerprint density at radius 1 is 1.21 bits per heavy atom. The Morgan fingerprint density at radius 3 is 2.32 bits per heavy atom. The molecule has 0 radical (unpaired) electrons. The molecule has 0 amide bonds. The number of hydrogen-bond acceptors (Lipinski definition) is 2. The van der Waals surface area contributed by atoms with E-state index in [4.69, 9.17) is 0 Å². The first-order chi connectivity index (χ1) is 8.97. The van der Waals surface area contributed by atoms with Crippen LogP contribution in [0.25, 0.3) is 0 Å². The van der Waals surface area contributed by atoms with Crippen LogP contribution in [0.4, 0.5) is 13.2 Å². The molecule has 1 atom stereocenters. The summed E-state index contributed by atoms with van der Waals surface area (Å²) in [6, 6.07) is 0.553. The predicted octanol–water partition coefficient (Wildman–Crippen LogP) is 3.43. The zero-order chi connectivity index (χ0) is 14.3. The lowest BCUT2D eigenvalue weighted by molar-refractivity contribution is -0.185. The topological polar surface area (TPSA) is 15.3 Å². The molecule has 1 aliphatic heterocycles. The fourth-order valence-corrected chi connectivity index (χ4v) is 2.78. The summed E-state index contributed by atoms with van der Waals surface area (Å²) in [5, 5.41) is 3.43. The minimum absolute atomic E-state index is 0.272. The summed E-state index contributed by atoms with van der Waals surface area (Å²) in [7, 11) is 0. The van der Waals surface area contributed by atoms with Gasteiger partial charge in [0, 0.05) is 6.04 Å². The minimum atomic E-state index is -4.00. The lowest BCUT2D eigenvalue weighted by Crippen LogP contribution is -2.39. The Balaban J connectivity index is 2.16. The number of piperidine rings is 1. The van der Waals surface area contributed by atoms with Crippen LogP contribution in [0.1, 0.15) is 46.0 Å². The van der Waals surface area contributed by atoms with Crippen molar-refractivity contribution in [1.82, 2.24) is 10.2 Å². The Morgan fingerprint density at radius 2 is 1.84 bits per heavy atom. The number of hydrogen-bond donors (Lipinski definition) is 1. The van der Waals surface area contributed by atoms with E-state index >= 15 is 0 Å². The van der Waals surface area contributed by atoms with Gasteiger partial charge >= 0.3 is 6.18 Å². The van der Waals surface area contributed by atoms with Crippen molar-refractivity contribution >= 4 is 0 Å². The number of nitrogens with zero attached hydrogens (tertiary/aromatic N) is 1. The van der Waals surface area contributed by atoms with E-state index in [2.05, 4.69) is 24.1 Å². The summed E-state index contributed by atoms with van der Waals surface area (Å²) in [5.41, 5.74) is 0. The van der Waals surface area contributed by atoms with E-state index in [9.17, 15) is 13.2 Å². The van der Waals surface area contributed by atoms with E-state index in [0.29, 0.717) is 19.1 Å². The highest BCUT2D eigenvalue weighted by Crippen LogP contribution is 2.34. The molecule has 0 aromatic carbocycles. The molecule has 114 valence electrons. The quantitative estimate of drug-likeness (QED) is 0.768. The molecule has 1 saturated heterocycles. The van der Waals surface area contributed by atoms with Gasteiger partial charge in [0.25, 0.3) is 0 Å². The average Bonchev–Trinajstić information content (AvgIpc) is 2.37.